The van der Waals surface area contributed by atoms with E-state index in [1.54, 1.807) is 0 Å². The minimum absolute atomic E-state index is 0.0505. The summed E-state index contributed by atoms with van der Waals surface area (Å²) in [4.78, 5) is 10.7. The minimum Gasteiger partial charge on any atom is -0.444 e. The van der Waals surface area contributed by atoms with Crippen molar-refractivity contribution >= 4 is 5.97 Å². The maximum absolute atomic E-state index is 10.7. The second-order valence-electron chi connectivity index (χ2n) is 2.90. The quantitative estimate of drug-likeness (QED) is 0.538. The molecule has 2 heterocycles. The lowest BCUT2D eigenvalue weighted by Gasteiger charge is -1.99. The monoisotopic (exact) mass is 142 g/mol. The Kier molecular flexibility index (Phi) is 1.06. The average Bonchev–Trinajstić information content (AvgIpc) is 2.77. The van der Waals surface area contributed by atoms with Gasteiger partial charge in [0.05, 0.1) is 12.7 Å². The molecule has 0 spiro atoms. The van der Waals surface area contributed by atoms with Gasteiger partial charge >= 0.3 is 5.97 Å². The molecule has 0 bridgehead atoms. The van der Waals surface area contributed by atoms with Crippen LogP contribution in [-0.2, 0) is 14.3 Å². The molecule has 0 radical (unpaired) electrons. The molecule has 2 unspecified atom stereocenters. The average molecular weight is 142 g/mol. The molecule has 0 N–H and O–H groups in total. The van der Waals surface area contributed by atoms with Crippen molar-refractivity contribution in [3.05, 3.63) is 0 Å². The molecule has 0 aromatic heterocycles. The molecular formula is C7H10O3. The lowest BCUT2D eigenvalue weighted by atomic mass is 10.0. The van der Waals surface area contributed by atoms with Crippen molar-refractivity contribution in [1.82, 2.24) is 0 Å². The van der Waals surface area contributed by atoms with Crippen molar-refractivity contribution in [3.8, 4) is 0 Å². The molecule has 2 atom stereocenters. The van der Waals surface area contributed by atoms with E-state index in [0.717, 1.165) is 19.4 Å². The molecule has 0 saturated carbocycles. The van der Waals surface area contributed by atoms with Gasteiger partial charge in [0.2, 0.25) is 5.60 Å². The third-order valence-electron chi connectivity index (χ3n) is 2.15. The van der Waals surface area contributed by atoms with Gasteiger partial charge in [0.15, 0.2) is 0 Å². The molecule has 2 aliphatic rings. The fraction of sp³-hybridized carbons (Fsp3) is 0.857. The topological polar surface area (TPSA) is 42.1 Å². The van der Waals surface area contributed by atoms with E-state index in [4.69, 9.17) is 9.47 Å². The molecule has 2 saturated heterocycles. The zero-order valence-corrected chi connectivity index (χ0v) is 5.92. The van der Waals surface area contributed by atoms with Crippen molar-refractivity contribution in [3.63, 3.8) is 0 Å². The van der Waals surface area contributed by atoms with Crippen LogP contribution in [0.2, 0.25) is 0 Å². The molecular weight excluding hydrogens is 132 g/mol. The van der Waals surface area contributed by atoms with Crippen LogP contribution in [0.5, 0.6) is 0 Å². The molecule has 0 aromatic rings. The number of hydrogen-bond donors (Lipinski definition) is 0. The number of carbonyl (C=O) groups is 1. The van der Waals surface area contributed by atoms with Crippen LogP contribution in [0.3, 0.4) is 0 Å². The van der Waals surface area contributed by atoms with Crippen molar-refractivity contribution in [2.45, 2.75) is 31.5 Å². The third kappa shape index (κ3) is 0.814. The molecule has 10 heavy (non-hydrogen) atoms. The molecule has 2 rings (SSSR count). The maximum atomic E-state index is 10.7. The van der Waals surface area contributed by atoms with Crippen molar-refractivity contribution in [2.75, 3.05) is 6.61 Å². The molecule has 2 aliphatic heterocycles. The van der Waals surface area contributed by atoms with E-state index in [0.29, 0.717) is 6.10 Å². The van der Waals surface area contributed by atoms with Crippen LogP contribution >= 0.6 is 0 Å². The van der Waals surface area contributed by atoms with E-state index in [2.05, 4.69) is 0 Å². The van der Waals surface area contributed by atoms with Crippen molar-refractivity contribution in [2.24, 2.45) is 0 Å². The van der Waals surface area contributed by atoms with Crippen LogP contribution in [0.15, 0.2) is 0 Å². The Bertz CT molecular complexity index is 174. The predicted octanol–water partition coefficient (Wildman–Crippen LogP) is 0.481. The van der Waals surface area contributed by atoms with Gasteiger partial charge in [-0.2, -0.15) is 0 Å². The molecule has 3 nitrogen and oxygen atoms in total. The Labute approximate surface area is 59.3 Å². The fourth-order valence-electron chi connectivity index (χ4n) is 1.19. The number of hydrogen-bond acceptors (Lipinski definition) is 3. The van der Waals surface area contributed by atoms with Gasteiger partial charge in [-0.3, -0.25) is 0 Å². The van der Waals surface area contributed by atoms with Gasteiger partial charge < -0.3 is 9.47 Å². The summed E-state index contributed by atoms with van der Waals surface area (Å²) < 4.78 is 9.89. The molecule has 56 valence electrons. The van der Waals surface area contributed by atoms with E-state index in [9.17, 15) is 4.79 Å². The first kappa shape index (κ1) is 6.16. The van der Waals surface area contributed by atoms with E-state index in [-0.39, 0.29) is 5.97 Å². The Balaban J connectivity index is 1.93. The van der Waals surface area contributed by atoms with Gasteiger partial charge in [0.25, 0.3) is 0 Å². The molecule has 0 aliphatic carbocycles. The number of cyclic esters (lactones) is 1. The lowest BCUT2D eigenvalue weighted by molar-refractivity contribution is -0.117. The van der Waals surface area contributed by atoms with Crippen molar-refractivity contribution < 1.29 is 14.3 Å². The summed E-state index contributed by atoms with van der Waals surface area (Å²) >= 11 is 0. The lowest BCUT2D eigenvalue weighted by Crippen LogP contribution is -2.14. The van der Waals surface area contributed by atoms with Gasteiger partial charge in [0.1, 0.15) is 0 Å². The number of epoxide rings is 2. The van der Waals surface area contributed by atoms with Crippen LogP contribution in [-0.4, -0.2) is 24.3 Å². The molecule has 3 heteroatoms. The summed E-state index contributed by atoms with van der Waals surface area (Å²) in [6.07, 6.45) is 1.85. The number of carbonyl (C=O) groups excluding carboxylic acids is 1. The summed E-state index contributed by atoms with van der Waals surface area (Å²) in [5.41, 5.74) is -0.429. The Morgan fingerprint density at radius 1 is 1.80 bits per heavy atom. The molecule has 0 aromatic carbocycles. The fourth-order valence-corrected chi connectivity index (χ4v) is 1.19. The van der Waals surface area contributed by atoms with Gasteiger partial charge in [-0.1, -0.05) is 6.92 Å². The number of ether oxygens (including phenoxy) is 2. The van der Waals surface area contributed by atoms with E-state index in [1.807, 2.05) is 6.92 Å². The zero-order valence-electron chi connectivity index (χ0n) is 5.92. The second kappa shape index (κ2) is 1.72. The van der Waals surface area contributed by atoms with Gasteiger partial charge in [-0.25, -0.2) is 4.79 Å². The van der Waals surface area contributed by atoms with Crippen LogP contribution in [0.1, 0.15) is 19.8 Å². The number of rotatable bonds is 3. The minimum atomic E-state index is -0.429. The first-order valence-corrected chi connectivity index (χ1v) is 3.62. The third-order valence-corrected chi connectivity index (χ3v) is 2.15. The van der Waals surface area contributed by atoms with Crippen LogP contribution in [0.25, 0.3) is 0 Å². The van der Waals surface area contributed by atoms with Crippen LogP contribution < -0.4 is 0 Å². The Morgan fingerprint density at radius 2 is 2.40 bits per heavy atom. The van der Waals surface area contributed by atoms with Gasteiger partial charge in [0, 0.05) is 6.42 Å². The molecule has 2 fully saturated rings. The summed E-state index contributed by atoms with van der Waals surface area (Å²) in [6.45, 7) is 2.77. The summed E-state index contributed by atoms with van der Waals surface area (Å²) in [5, 5.41) is 0. The summed E-state index contributed by atoms with van der Waals surface area (Å²) in [5.74, 6) is -0.0505. The van der Waals surface area contributed by atoms with E-state index < -0.39 is 5.60 Å². The van der Waals surface area contributed by atoms with E-state index >= 15 is 0 Å². The SMILES string of the molecule is CCC1(CC2CO2)OC1=O. The molecule has 0 amide bonds. The first-order valence-electron chi connectivity index (χ1n) is 3.62. The predicted molar refractivity (Wildman–Crippen MR) is 33.5 cm³/mol. The second-order valence-corrected chi connectivity index (χ2v) is 2.90. The summed E-state index contributed by atoms with van der Waals surface area (Å²) in [7, 11) is 0. The smallest absolute Gasteiger partial charge is 0.351 e. The van der Waals surface area contributed by atoms with Crippen LogP contribution in [0.4, 0.5) is 0 Å². The summed E-state index contributed by atoms with van der Waals surface area (Å²) in [6, 6.07) is 0. The standard InChI is InChI=1S/C7H10O3/c1-2-7(6(8)10-7)3-5-4-9-5/h5H,2-4H2,1H3. The highest BCUT2D eigenvalue weighted by Crippen LogP contribution is 2.40. The Hall–Kier alpha value is -0.570. The van der Waals surface area contributed by atoms with Gasteiger partial charge in [-0.05, 0) is 6.42 Å². The largest absolute Gasteiger partial charge is 0.444 e. The van der Waals surface area contributed by atoms with Crippen LogP contribution in [0, 0.1) is 0 Å². The maximum Gasteiger partial charge on any atom is 0.351 e. The first-order chi connectivity index (χ1) is 4.77. The normalized spacial score (nSPS) is 42.9. The highest BCUT2D eigenvalue weighted by Gasteiger charge is 2.58. The van der Waals surface area contributed by atoms with Crippen molar-refractivity contribution in [1.29, 1.82) is 0 Å². The highest BCUT2D eigenvalue weighted by atomic mass is 16.7. The Morgan fingerprint density at radius 3 is 2.70 bits per heavy atom. The van der Waals surface area contributed by atoms with Gasteiger partial charge in [-0.15, -0.1) is 0 Å². The zero-order chi connectivity index (χ0) is 7.19. The highest BCUT2D eigenvalue weighted by molar-refractivity contribution is 5.92. The van der Waals surface area contributed by atoms with E-state index in [1.165, 1.54) is 0 Å².